The summed E-state index contributed by atoms with van der Waals surface area (Å²) >= 11 is 0. The number of carbonyl (C=O) groups excluding carboxylic acids is 1. The van der Waals surface area contributed by atoms with Gasteiger partial charge in [0.1, 0.15) is 17.7 Å². The van der Waals surface area contributed by atoms with Gasteiger partial charge in [-0.15, -0.1) is 0 Å². The van der Waals surface area contributed by atoms with Crippen LogP contribution in [0.25, 0.3) is 0 Å². The predicted octanol–water partition coefficient (Wildman–Crippen LogP) is 3.26. The number of aryl methyl sites for hydroxylation is 1. The number of anilines is 1. The molecule has 2 aromatic rings. The van der Waals surface area contributed by atoms with E-state index in [-0.39, 0.29) is 17.9 Å². The van der Waals surface area contributed by atoms with Crippen LogP contribution in [-0.4, -0.2) is 33.2 Å². The quantitative estimate of drug-likeness (QED) is 0.646. The molecule has 0 aliphatic rings. The Morgan fingerprint density at radius 1 is 1.04 bits per heavy atom. The zero-order chi connectivity index (χ0) is 20.7. The molecule has 0 aliphatic carbocycles. The van der Waals surface area contributed by atoms with Crippen LogP contribution in [-0.2, 0) is 21.2 Å². The molecule has 0 radical (unpaired) electrons. The van der Waals surface area contributed by atoms with Gasteiger partial charge in [0.05, 0.1) is 11.9 Å². The van der Waals surface area contributed by atoms with Crippen molar-refractivity contribution in [2.24, 2.45) is 0 Å². The van der Waals surface area contributed by atoms with Crippen LogP contribution in [0.15, 0.2) is 48.5 Å². The normalized spacial score (nSPS) is 12.4. The molecule has 0 aliphatic heterocycles. The molecule has 1 amide bonds. The number of rotatable bonds is 9. The molecule has 2 aromatic carbocycles. The number of halogens is 2. The van der Waals surface area contributed by atoms with Crippen LogP contribution in [0.4, 0.5) is 14.5 Å². The van der Waals surface area contributed by atoms with Crippen molar-refractivity contribution in [2.45, 2.75) is 32.2 Å². The molecule has 0 fully saturated rings. The molecule has 0 unspecified atom stereocenters. The molecule has 2 rings (SSSR count). The second-order valence-corrected chi connectivity index (χ2v) is 8.34. The highest BCUT2D eigenvalue weighted by Crippen LogP contribution is 2.22. The molecule has 0 spiro atoms. The zero-order valence-electron chi connectivity index (χ0n) is 15.9. The second kappa shape index (κ2) is 9.64. The first kappa shape index (κ1) is 21.8. The molecule has 5 nitrogen and oxygen atoms in total. The standard InChI is InChI=1S/C20H24F2N2O3S/c1-3-19(24(28(2,26)27)18-12-10-17(22)11-13-18)20(25)23-14-4-5-15-6-8-16(21)9-7-15/h6-13,19H,3-5,14H2,1-2H3,(H,23,25)/t19-/m1/s1. The van der Waals surface area contributed by atoms with E-state index in [1.165, 1.54) is 24.3 Å². The molecular formula is C20H24F2N2O3S. The molecule has 28 heavy (non-hydrogen) atoms. The number of hydrogen-bond donors (Lipinski definition) is 1. The summed E-state index contributed by atoms with van der Waals surface area (Å²) in [4.78, 5) is 12.6. The van der Waals surface area contributed by atoms with E-state index in [4.69, 9.17) is 0 Å². The summed E-state index contributed by atoms with van der Waals surface area (Å²) in [5.74, 6) is -1.21. The Hall–Kier alpha value is -2.48. The van der Waals surface area contributed by atoms with Gasteiger partial charge in [0.2, 0.25) is 15.9 Å². The summed E-state index contributed by atoms with van der Waals surface area (Å²) in [5, 5.41) is 2.76. The van der Waals surface area contributed by atoms with Gasteiger partial charge in [-0.1, -0.05) is 19.1 Å². The molecule has 0 aromatic heterocycles. The number of sulfonamides is 1. The van der Waals surface area contributed by atoms with Crippen LogP contribution in [0.3, 0.4) is 0 Å². The van der Waals surface area contributed by atoms with Crippen molar-refractivity contribution in [2.75, 3.05) is 17.1 Å². The van der Waals surface area contributed by atoms with Crippen LogP contribution in [0.2, 0.25) is 0 Å². The zero-order valence-corrected chi connectivity index (χ0v) is 16.7. The van der Waals surface area contributed by atoms with Crippen LogP contribution in [0, 0.1) is 11.6 Å². The van der Waals surface area contributed by atoms with E-state index < -0.39 is 27.8 Å². The van der Waals surface area contributed by atoms with Crippen LogP contribution in [0.1, 0.15) is 25.3 Å². The third-order valence-electron chi connectivity index (χ3n) is 4.27. The molecule has 152 valence electrons. The van der Waals surface area contributed by atoms with E-state index in [0.29, 0.717) is 19.4 Å². The van der Waals surface area contributed by atoms with Crippen molar-refractivity contribution < 1.29 is 22.0 Å². The number of benzene rings is 2. The lowest BCUT2D eigenvalue weighted by Crippen LogP contribution is -2.49. The highest BCUT2D eigenvalue weighted by atomic mass is 32.2. The summed E-state index contributed by atoms with van der Waals surface area (Å²) < 4.78 is 51.7. The fraction of sp³-hybridized carbons (Fsp3) is 0.350. The maximum atomic E-state index is 13.2. The first-order valence-corrected chi connectivity index (χ1v) is 10.8. The maximum Gasteiger partial charge on any atom is 0.243 e. The van der Waals surface area contributed by atoms with E-state index >= 15 is 0 Å². The maximum absolute atomic E-state index is 13.2. The third-order valence-corrected chi connectivity index (χ3v) is 5.45. The minimum atomic E-state index is -3.75. The fourth-order valence-electron chi connectivity index (χ4n) is 2.92. The predicted molar refractivity (Wildman–Crippen MR) is 106 cm³/mol. The van der Waals surface area contributed by atoms with Gasteiger partial charge in [-0.2, -0.15) is 0 Å². The molecule has 1 N–H and O–H groups in total. The number of amides is 1. The molecule has 0 heterocycles. The van der Waals surface area contributed by atoms with Crippen molar-refractivity contribution in [3.05, 3.63) is 65.7 Å². The Balaban J connectivity index is 2.02. The smallest absolute Gasteiger partial charge is 0.243 e. The van der Waals surface area contributed by atoms with Gasteiger partial charge in [-0.3, -0.25) is 9.10 Å². The fourth-order valence-corrected chi connectivity index (χ4v) is 4.13. The van der Waals surface area contributed by atoms with Crippen molar-refractivity contribution in [1.29, 1.82) is 0 Å². The Labute approximate surface area is 164 Å². The Kier molecular flexibility index (Phi) is 7.51. The summed E-state index contributed by atoms with van der Waals surface area (Å²) in [6.45, 7) is 2.07. The third kappa shape index (κ3) is 6.02. The largest absolute Gasteiger partial charge is 0.354 e. The average Bonchev–Trinajstić information content (AvgIpc) is 2.64. The van der Waals surface area contributed by atoms with Gasteiger partial charge >= 0.3 is 0 Å². The first-order valence-electron chi connectivity index (χ1n) is 8.99. The van der Waals surface area contributed by atoms with Gasteiger partial charge < -0.3 is 5.32 Å². The number of nitrogens with zero attached hydrogens (tertiary/aromatic N) is 1. The highest BCUT2D eigenvalue weighted by Gasteiger charge is 2.31. The van der Waals surface area contributed by atoms with Gasteiger partial charge in [0.25, 0.3) is 0 Å². The lowest BCUT2D eigenvalue weighted by Gasteiger charge is -2.30. The number of nitrogens with one attached hydrogen (secondary N) is 1. The Bertz CT molecular complexity index is 885. The Morgan fingerprint density at radius 3 is 2.07 bits per heavy atom. The molecule has 0 saturated heterocycles. The van der Waals surface area contributed by atoms with Crippen LogP contribution >= 0.6 is 0 Å². The molecule has 0 bridgehead atoms. The first-order chi connectivity index (χ1) is 13.2. The lowest BCUT2D eigenvalue weighted by atomic mass is 10.1. The summed E-state index contributed by atoms with van der Waals surface area (Å²) in [6.07, 6.45) is 2.56. The van der Waals surface area contributed by atoms with Crippen molar-refractivity contribution in [3.8, 4) is 0 Å². The van der Waals surface area contributed by atoms with Gasteiger partial charge in [-0.05, 0) is 61.2 Å². The Morgan fingerprint density at radius 2 is 1.57 bits per heavy atom. The topological polar surface area (TPSA) is 66.5 Å². The molecule has 1 atom stereocenters. The van der Waals surface area contributed by atoms with Gasteiger partial charge in [0, 0.05) is 6.54 Å². The van der Waals surface area contributed by atoms with Crippen molar-refractivity contribution >= 4 is 21.6 Å². The molecule has 8 heteroatoms. The number of hydrogen-bond acceptors (Lipinski definition) is 3. The van der Waals surface area contributed by atoms with Crippen molar-refractivity contribution in [3.63, 3.8) is 0 Å². The highest BCUT2D eigenvalue weighted by molar-refractivity contribution is 7.92. The van der Waals surface area contributed by atoms with Gasteiger partial charge in [0.15, 0.2) is 0 Å². The summed E-state index contributed by atoms with van der Waals surface area (Å²) in [6, 6.07) is 10.2. The summed E-state index contributed by atoms with van der Waals surface area (Å²) in [5.41, 5.74) is 1.18. The second-order valence-electron chi connectivity index (χ2n) is 6.48. The van der Waals surface area contributed by atoms with E-state index in [1.54, 1.807) is 19.1 Å². The monoisotopic (exact) mass is 410 g/mol. The lowest BCUT2D eigenvalue weighted by molar-refractivity contribution is -0.122. The van der Waals surface area contributed by atoms with E-state index in [1.807, 2.05) is 0 Å². The SMILES string of the molecule is CC[C@H](C(=O)NCCCc1ccc(F)cc1)N(c1ccc(F)cc1)S(C)(=O)=O. The van der Waals surface area contributed by atoms with E-state index in [0.717, 1.165) is 28.3 Å². The van der Waals surface area contributed by atoms with E-state index in [9.17, 15) is 22.0 Å². The number of carbonyl (C=O) groups is 1. The van der Waals surface area contributed by atoms with E-state index in [2.05, 4.69) is 5.32 Å². The molecular weight excluding hydrogens is 386 g/mol. The average molecular weight is 410 g/mol. The molecule has 0 saturated carbocycles. The van der Waals surface area contributed by atoms with Crippen molar-refractivity contribution in [1.82, 2.24) is 5.32 Å². The summed E-state index contributed by atoms with van der Waals surface area (Å²) in [7, 11) is -3.75. The van der Waals surface area contributed by atoms with Gasteiger partial charge in [-0.25, -0.2) is 17.2 Å². The van der Waals surface area contributed by atoms with Crippen LogP contribution < -0.4 is 9.62 Å². The minimum Gasteiger partial charge on any atom is -0.354 e. The minimum absolute atomic E-state index is 0.234. The van der Waals surface area contributed by atoms with Crippen LogP contribution in [0.5, 0.6) is 0 Å².